The molecule has 0 aliphatic rings. The predicted molar refractivity (Wildman–Crippen MR) is 120 cm³/mol. The summed E-state index contributed by atoms with van der Waals surface area (Å²) in [6.45, 7) is 1.78. The molecular formula is C22H24F3N3O5S. The van der Waals surface area contributed by atoms with Gasteiger partial charge in [0.05, 0.1) is 13.2 Å². The molecule has 0 heterocycles. The van der Waals surface area contributed by atoms with Crippen LogP contribution in [0.25, 0.3) is 0 Å². The summed E-state index contributed by atoms with van der Waals surface area (Å²) in [5.41, 5.74) is 1.48. The Kier molecular flexibility index (Phi) is 12.4. The molecule has 0 saturated heterocycles. The van der Waals surface area contributed by atoms with Crippen molar-refractivity contribution in [3.63, 3.8) is 0 Å². The molecule has 2 amide bonds. The molecule has 0 aromatic heterocycles. The van der Waals surface area contributed by atoms with Crippen molar-refractivity contribution >= 4 is 23.9 Å². The van der Waals surface area contributed by atoms with Gasteiger partial charge in [0.25, 0.3) is 5.91 Å². The molecule has 0 saturated carbocycles. The quantitative estimate of drug-likeness (QED) is 0.221. The van der Waals surface area contributed by atoms with Gasteiger partial charge in [-0.05, 0) is 55.3 Å². The van der Waals surface area contributed by atoms with E-state index in [1.54, 1.807) is 6.92 Å². The van der Waals surface area contributed by atoms with Crippen LogP contribution in [-0.2, 0) is 9.53 Å². The second-order valence-electron chi connectivity index (χ2n) is 6.38. The lowest BCUT2D eigenvalue weighted by atomic mass is 10.3. The molecule has 0 radical (unpaired) electrons. The maximum absolute atomic E-state index is 14.5. The minimum absolute atomic E-state index is 0.0489. The zero-order valence-electron chi connectivity index (χ0n) is 18.5. The van der Waals surface area contributed by atoms with Crippen LogP contribution in [0.15, 0.2) is 41.3 Å². The van der Waals surface area contributed by atoms with Gasteiger partial charge in [0.15, 0.2) is 17.4 Å². The lowest BCUT2D eigenvalue weighted by Gasteiger charge is -2.23. The number of ether oxygens (including phenoxy) is 2. The molecule has 2 aromatic carbocycles. The molecule has 184 valence electrons. The van der Waals surface area contributed by atoms with Gasteiger partial charge < -0.3 is 14.4 Å². The Labute approximate surface area is 199 Å². The maximum atomic E-state index is 14.5. The fourth-order valence-electron chi connectivity index (χ4n) is 2.40. The summed E-state index contributed by atoms with van der Waals surface area (Å²) in [6, 6.07) is 6.65. The summed E-state index contributed by atoms with van der Waals surface area (Å²) >= 11 is 0.842. The van der Waals surface area contributed by atoms with E-state index < -0.39 is 35.2 Å². The normalized spacial score (nSPS) is 10.1. The molecule has 2 rings (SSSR count). The summed E-state index contributed by atoms with van der Waals surface area (Å²) in [6.07, 6.45) is 7.43. The Bertz CT molecular complexity index is 953. The van der Waals surface area contributed by atoms with Crippen LogP contribution >= 0.6 is 11.9 Å². The number of carbonyl (C=O) groups is 2. The first-order chi connectivity index (χ1) is 16.2. The van der Waals surface area contributed by atoms with Crippen LogP contribution in [0.3, 0.4) is 0 Å². The van der Waals surface area contributed by atoms with Crippen molar-refractivity contribution in [1.82, 2.24) is 14.7 Å². The van der Waals surface area contributed by atoms with Crippen LogP contribution < -0.4 is 10.2 Å². The number of hydrogen-bond acceptors (Lipinski definition) is 7. The van der Waals surface area contributed by atoms with Crippen molar-refractivity contribution in [2.75, 3.05) is 33.3 Å². The maximum Gasteiger partial charge on any atom is 0.409 e. The van der Waals surface area contributed by atoms with Crippen molar-refractivity contribution < 1.29 is 37.4 Å². The SMILES string of the molecule is C#C.CCOC(=O)N(C)CCN(CC(=O)NO)Sc1cc(F)c(Oc2ccc(F)cc2)c(F)c1. The first-order valence-electron chi connectivity index (χ1n) is 9.73. The summed E-state index contributed by atoms with van der Waals surface area (Å²) in [5.74, 6) is -3.91. The van der Waals surface area contributed by atoms with E-state index in [9.17, 15) is 22.8 Å². The first-order valence-corrected chi connectivity index (χ1v) is 10.5. The van der Waals surface area contributed by atoms with E-state index in [0.717, 1.165) is 36.2 Å². The van der Waals surface area contributed by atoms with Crippen LogP contribution in [0.1, 0.15) is 6.92 Å². The topological polar surface area (TPSA) is 91.3 Å². The van der Waals surface area contributed by atoms with E-state index in [1.807, 2.05) is 0 Å². The Morgan fingerprint density at radius 2 is 1.68 bits per heavy atom. The van der Waals surface area contributed by atoms with Crippen LogP contribution in [0.2, 0.25) is 0 Å². The summed E-state index contributed by atoms with van der Waals surface area (Å²) in [5, 5.41) is 8.79. The van der Waals surface area contributed by atoms with E-state index in [4.69, 9.17) is 14.7 Å². The summed E-state index contributed by atoms with van der Waals surface area (Å²) < 4.78 is 53.4. The lowest BCUT2D eigenvalue weighted by Crippen LogP contribution is -2.38. The number of rotatable bonds is 10. The first kappa shape index (κ1) is 28.6. The molecule has 12 heteroatoms. The highest BCUT2D eigenvalue weighted by Gasteiger charge is 2.19. The molecule has 0 unspecified atom stereocenters. The second-order valence-corrected chi connectivity index (χ2v) is 7.55. The molecular weight excluding hydrogens is 475 g/mol. The van der Waals surface area contributed by atoms with E-state index >= 15 is 0 Å². The van der Waals surface area contributed by atoms with Crippen LogP contribution in [0, 0.1) is 30.3 Å². The molecule has 8 nitrogen and oxygen atoms in total. The third-order valence-electron chi connectivity index (χ3n) is 3.95. The summed E-state index contributed by atoms with van der Waals surface area (Å²) in [7, 11) is 1.49. The van der Waals surface area contributed by atoms with E-state index in [0.29, 0.717) is 0 Å². The minimum atomic E-state index is -1.01. The average Bonchev–Trinajstić information content (AvgIpc) is 2.82. The number of benzene rings is 2. The largest absolute Gasteiger partial charge is 0.451 e. The van der Waals surface area contributed by atoms with Gasteiger partial charge in [-0.2, -0.15) is 0 Å². The second kappa shape index (κ2) is 14.7. The molecule has 0 bridgehead atoms. The smallest absolute Gasteiger partial charge is 0.409 e. The average molecular weight is 500 g/mol. The molecule has 0 aliphatic carbocycles. The minimum Gasteiger partial charge on any atom is -0.451 e. The molecule has 0 atom stereocenters. The van der Waals surface area contributed by atoms with Gasteiger partial charge >= 0.3 is 6.09 Å². The number of halogens is 3. The molecule has 2 N–H and O–H groups in total. The molecule has 0 aliphatic heterocycles. The highest BCUT2D eigenvalue weighted by atomic mass is 32.2. The fourth-order valence-corrected chi connectivity index (χ4v) is 3.36. The van der Waals surface area contributed by atoms with Crippen LogP contribution in [0.4, 0.5) is 18.0 Å². The van der Waals surface area contributed by atoms with Gasteiger partial charge in [-0.25, -0.2) is 27.8 Å². The number of hydroxylamine groups is 1. The van der Waals surface area contributed by atoms with Gasteiger partial charge in [0.1, 0.15) is 11.6 Å². The van der Waals surface area contributed by atoms with Crippen molar-refractivity contribution in [1.29, 1.82) is 0 Å². The molecule has 0 spiro atoms. The molecule has 34 heavy (non-hydrogen) atoms. The number of nitrogens with zero attached hydrogens (tertiary/aromatic N) is 2. The third kappa shape index (κ3) is 9.22. The van der Waals surface area contributed by atoms with Crippen molar-refractivity contribution in [2.45, 2.75) is 11.8 Å². The highest BCUT2D eigenvalue weighted by Crippen LogP contribution is 2.33. The lowest BCUT2D eigenvalue weighted by molar-refractivity contribution is -0.129. The van der Waals surface area contributed by atoms with Crippen molar-refractivity contribution in [3.05, 3.63) is 53.8 Å². The number of hydrogen-bond donors (Lipinski definition) is 2. The zero-order valence-corrected chi connectivity index (χ0v) is 19.3. The predicted octanol–water partition coefficient (Wildman–Crippen LogP) is 4.05. The van der Waals surface area contributed by atoms with E-state index in [-0.39, 0.29) is 36.9 Å². The van der Waals surface area contributed by atoms with Crippen LogP contribution in [-0.4, -0.2) is 59.7 Å². The highest BCUT2D eigenvalue weighted by molar-refractivity contribution is 7.97. The Morgan fingerprint density at radius 1 is 1.09 bits per heavy atom. The Hall–Kier alpha value is -3.40. The van der Waals surface area contributed by atoms with Gasteiger partial charge in [-0.3, -0.25) is 10.0 Å². The zero-order chi connectivity index (χ0) is 25.7. The Morgan fingerprint density at radius 3 is 2.21 bits per heavy atom. The number of terminal acetylenes is 1. The van der Waals surface area contributed by atoms with Crippen molar-refractivity contribution in [3.8, 4) is 24.3 Å². The number of amides is 2. The van der Waals surface area contributed by atoms with Gasteiger partial charge in [0.2, 0.25) is 0 Å². The van der Waals surface area contributed by atoms with Crippen molar-refractivity contribution in [2.24, 2.45) is 0 Å². The molecule has 2 aromatic rings. The van der Waals surface area contributed by atoms with Gasteiger partial charge in [-0.1, -0.05) is 0 Å². The van der Waals surface area contributed by atoms with Gasteiger partial charge in [-0.15, -0.1) is 12.8 Å². The fraction of sp³-hybridized carbons (Fsp3) is 0.273. The number of carbonyl (C=O) groups excluding carboxylic acids is 2. The monoisotopic (exact) mass is 499 g/mol. The summed E-state index contributed by atoms with van der Waals surface area (Å²) in [4.78, 5) is 24.7. The van der Waals surface area contributed by atoms with E-state index in [2.05, 4.69) is 12.8 Å². The number of nitrogens with one attached hydrogen (secondary N) is 1. The van der Waals surface area contributed by atoms with Gasteiger partial charge in [0, 0.05) is 25.0 Å². The molecule has 0 fully saturated rings. The third-order valence-corrected chi connectivity index (χ3v) is 4.97. The number of likely N-dealkylation sites (N-methyl/N-ethyl adjacent to an activating group) is 1. The Balaban J connectivity index is 0.00000281. The standard InChI is InChI=1S/C20H22F3N3O5S.C2H2/c1-3-30-20(28)25(2)8-9-26(12-18(27)24-29)32-15-10-16(22)19(17(23)11-15)31-14-6-4-13(21)5-7-14;1-2/h4-7,10-11,29H,3,8-9,12H2,1-2H3,(H,24,27);1-2H. The van der Waals surface area contributed by atoms with Crippen LogP contribution in [0.5, 0.6) is 11.5 Å². The van der Waals surface area contributed by atoms with E-state index in [1.165, 1.54) is 33.9 Å².